The smallest absolute Gasteiger partial charge is 0.358 e. The number of nitrogens with one attached hydrogen (secondary N) is 1. The Bertz CT molecular complexity index is 592. The monoisotopic (exact) mass is 263 g/mol. The fraction of sp³-hybridized carbons (Fsp3) is 0.385. The molecule has 6 nitrogen and oxygen atoms in total. The maximum absolute atomic E-state index is 11.7. The summed E-state index contributed by atoms with van der Waals surface area (Å²) < 4.78 is 11.8. The molecule has 0 aliphatic rings. The second kappa shape index (κ2) is 5.71. The first-order valence-corrected chi connectivity index (χ1v) is 5.99. The lowest BCUT2D eigenvalue weighted by atomic mass is 10.3. The lowest BCUT2D eigenvalue weighted by molar-refractivity contribution is 0.0597. The third-order valence-corrected chi connectivity index (χ3v) is 2.90. The van der Waals surface area contributed by atoms with E-state index in [0.29, 0.717) is 17.9 Å². The summed E-state index contributed by atoms with van der Waals surface area (Å²) in [5.41, 5.74) is 1.05. The van der Waals surface area contributed by atoms with Gasteiger partial charge in [0.15, 0.2) is 5.69 Å². The summed E-state index contributed by atoms with van der Waals surface area (Å²) in [4.78, 5) is 16.1. The molecule has 2 aromatic heterocycles. The van der Waals surface area contributed by atoms with Gasteiger partial charge in [0.1, 0.15) is 11.6 Å². The number of carbonyl (C=O) groups excluding carboxylic acids is 1. The number of rotatable bonds is 5. The molecular formula is C13H17N3O3. The molecule has 0 aromatic carbocycles. The van der Waals surface area contributed by atoms with Crippen molar-refractivity contribution in [1.29, 1.82) is 0 Å². The molecule has 0 unspecified atom stereocenters. The average Bonchev–Trinajstić information content (AvgIpc) is 2.82. The Morgan fingerprint density at radius 1 is 1.42 bits per heavy atom. The highest BCUT2D eigenvalue weighted by atomic mass is 16.5. The van der Waals surface area contributed by atoms with Crippen molar-refractivity contribution in [2.24, 2.45) is 0 Å². The van der Waals surface area contributed by atoms with E-state index in [4.69, 9.17) is 9.47 Å². The van der Waals surface area contributed by atoms with Gasteiger partial charge in [-0.05, 0) is 19.2 Å². The van der Waals surface area contributed by atoms with Crippen molar-refractivity contribution >= 4 is 11.5 Å². The van der Waals surface area contributed by atoms with E-state index in [-0.39, 0.29) is 0 Å². The molecule has 0 bridgehead atoms. The first-order chi connectivity index (χ1) is 9.21. The van der Waals surface area contributed by atoms with Crippen LogP contribution in [-0.2, 0) is 11.2 Å². The number of carbonyl (C=O) groups is 1. The Kier molecular flexibility index (Phi) is 4.01. The molecule has 0 spiro atoms. The number of nitrogens with zero attached hydrogens (tertiary/aromatic N) is 2. The minimum Gasteiger partial charge on any atom is -0.495 e. The highest BCUT2D eigenvalue weighted by Crippen LogP contribution is 2.19. The number of hydrogen-bond donors (Lipinski definition) is 1. The van der Waals surface area contributed by atoms with Crippen LogP contribution in [0.5, 0.6) is 5.75 Å². The maximum Gasteiger partial charge on any atom is 0.358 e. The molecule has 0 atom stereocenters. The van der Waals surface area contributed by atoms with Crippen molar-refractivity contribution in [2.75, 3.05) is 27.8 Å². The van der Waals surface area contributed by atoms with Gasteiger partial charge in [-0.25, -0.2) is 9.78 Å². The molecule has 19 heavy (non-hydrogen) atoms. The number of esters is 1. The Labute approximate surface area is 111 Å². The number of ether oxygens (including phenoxy) is 2. The number of imidazole rings is 1. The number of likely N-dealkylation sites (N-methyl/N-ethyl adjacent to an activating group) is 1. The van der Waals surface area contributed by atoms with Gasteiger partial charge in [0, 0.05) is 13.0 Å². The van der Waals surface area contributed by atoms with Crippen LogP contribution in [0.4, 0.5) is 0 Å². The van der Waals surface area contributed by atoms with Crippen molar-refractivity contribution in [1.82, 2.24) is 14.7 Å². The first kappa shape index (κ1) is 13.4. The molecule has 2 heterocycles. The van der Waals surface area contributed by atoms with E-state index >= 15 is 0 Å². The topological polar surface area (TPSA) is 64.9 Å². The van der Waals surface area contributed by atoms with Crippen LogP contribution < -0.4 is 10.1 Å². The molecule has 102 valence electrons. The van der Waals surface area contributed by atoms with Crippen LogP contribution in [-0.4, -0.2) is 43.2 Å². The molecule has 0 saturated carbocycles. The van der Waals surface area contributed by atoms with E-state index < -0.39 is 5.97 Å². The van der Waals surface area contributed by atoms with Crippen molar-refractivity contribution in [3.05, 3.63) is 29.8 Å². The summed E-state index contributed by atoms with van der Waals surface area (Å²) in [6.07, 6.45) is 2.53. The Balaban J connectivity index is 2.55. The summed E-state index contributed by atoms with van der Waals surface area (Å²) in [7, 11) is 4.83. The number of aromatic nitrogens is 2. The van der Waals surface area contributed by atoms with Gasteiger partial charge >= 0.3 is 5.97 Å². The summed E-state index contributed by atoms with van der Waals surface area (Å²) >= 11 is 0. The van der Waals surface area contributed by atoms with Crippen LogP contribution in [0.15, 0.2) is 18.3 Å². The molecule has 6 heteroatoms. The zero-order valence-electron chi connectivity index (χ0n) is 11.3. The van der Waals surface area contributed by atoms with Crippen LogP contribution in [0.3, 0.4) is 0 Å². The fourth-order valence-electron chi connectivity index (χ4n) is 1.91. The molecule has 1 N–H and O–H groups in total. The molecule has 0 aliphatic heterocycles. The highest BCUT2D eigenvalue weighted by molar-refractivity contribution is 5.95. The molecule has 0 radical (unpaired) electrons. The standard InChI is InChI=1S/C13H17N3O3/c1-14-7-6-11-15-12(13(17)19-3)10-5-4-9(18-2)8-16(10)11/h4-5,8,14H,6-7H2,1-3H3. The van der Waals surface area contributed by atoms with Gasteiger partial charge in [-0.15, -0.1) is 0 Å². The quantitative estimate of drug-likeness (QED) is 0.812. The predicted molar refractivity (Wildman–Crippen MR) is 70.7 cm³/mol. The van der Waals surface area contributed by atoms with E-state index in [2.05, 4.69) is 10.3 Å². The summed E-state index contributed by atoms with van der Waals surface area (Å²) in [6.45, 7) is 0.775. The molecule has 2 aromatic rings. The second-order valence-electron chi connectivity index (χ2n) is 4.05. The number of pyridine rings is 1. The Hall–Kier alpha value is -2.08. The SMILES string of the molecule is CNCCc1nc(C(=O)OC)c2ccc(OC)cn12. The highest BCUT2D eigenvalue weighted by Gasteiger charge is 2.18. The van der Waals surface area contributed by atoms with Gasteiger partial charge in [0.25, 0.3) is 0 Å². The van der Waals surface area contributed by atoms with Crippen molar-refractivity contribution < 1.29 is 14.3 Å². The molecule has 0 fully saturated rings. The van der Waals surface area contributed by atoms with Crippen molar-refractivity contribution in [2.45, 2.75) is 6.42 Å². The zero-order valence-corrected chi connectivity index (χ0v) is 11.3. The van der Waals surface area contributed by atoms with E-state index in [0.717, 1.165) is 17.9 Å². The third-order valence-electron chi connectivity index (χ3n) is 2.90. The Morgan fingerprint density at radius 2 is 2.21 bits per heavy atom. The zero-order chi connectivity index (χ0) is 13.8. The largest absolute Gasteiger partial charge is 0.495 e. The van der Waals surface area contributed by atoms with Gasteiger partial charge in [-0.2, -0.15) is 0 Å². The van der Waals surface area contributed by atoms with Crippen LogP contribution in [0, 0.1) is 0 Å². The van der Waals surface area contributed by atoms with Gasteiger partial charge < -0.3 is 14.8 Å². The minimum atomic E-state index is -0.432. The second-order valence-corrected chi connectivity index (χ2v) is 4.05. The lowest BCUT2D eigenvalue weighted by Gasteiger charge is -2.04. The van der Waals surface area contributed by atoms with Gasteiger partial charge in [0.05, 0.1) is 25.9 Å². The number of hydrogen-bond acceptors (Lipinski definition) is 5. The lowest BCUT2D eigenvalue weighted by Crippen LogP contribution is -2.12. The van der Waals surface area contributed by atoms with Gasteiger partial charge in [-0.1, -0.05) is 0 Å². The minimum absolute atomic E-state index is 0.330. The van der Waals surface area contributed by atoms with Gasteiger partial charge in [0.2, 0.25) is 0 Å². The normalized spacial score (nSPS) is 10.7. The number of fused-ring (bicyclic) bond motifs is 1. The molecular weight excluding hydrogens is 246 g/mol. The molecule has 0 aliphatic carbocycles. The van der Waals surface area contributed by atoms with E-state index in [1.807, 2.05) is 17.6 Å². The molecule has 0 saturated heterocycles. The van der Waals surface area contributed by atoms with Crippen LogP contribution in [0.1, 0.15) is 16.3 Å². The number of methoxy groups -OCH3 is 2. The Morgan fingerprint density at radius 3 is 2.84 bits per heavy atom. The van der Waals surface area contributed by atoms with Crippen molar-refractivity contribution in [3.63, 3.8) is 0 Å². The predicted octanol–water partition coefficient (Wildman–Crippen LogP) is 0.891. The summed E-state index contributed by atoms with van der Waals surface area (Å²) in [5, 5.41) is 3.06. The van der Waals surface area contributed by atoms with Gasteiger partial charge in [-0.3, -0.25) is 4.40 Å². The molecule has 0 amide bonds. The fourth-order valence-corrected chi connectivity index (χ4v) is 1.91. The van der Waals surface area contributed by atoms with Crippen molar-refractivity contribution in [3.8, 4) is 5.75 Å². The summed E-state index contributed by atoms with van der Waals surface area (Å²) in [5.74, 6) is 1.08. The van der Waals surface area contributed by atoms with Crippen LogP contribution >= 0.6 is 0 Å². The first-order valence-electron chi connectivity index (χ1n) is 5.99. The molecule has 2 rings (SSSR count). The summed E-state index contributed by atoms with van der Waals surface area (Å²) in [6, 6.07) is 3.60. The van der Waals surface area contributed by atoms with E-state index in [1.165, 1.54) is 7.11 Å². The maximum atomic E-state index is 11.7. The van der Waals surface area contributed by atoms with E-state index in [9.17, 15) is 4.79 Å². The van der Waals surface area contributed by atoms with Crippen LogP contribution in [0.2, 0.25) is 0 Å². The van der Waals surface area contributed by atoms with E-state index in [1.54, 1.807) is 19.2 Å². The van der Waals surface area contributed by atoms with Crippen LogP contribution in [0.25, 0.3) is 5.52 Å². The average molecular weight is 263 g/mol. The third kappa shape index (κ3) is 2.53.